The molecule has 0 saturated carbocycles. The van der Waals surface area contributed by atoms with Crippen molar-refractivity contribution in [2.24, 2.45) is 0 Å². The number of amides is 1. The van der Waals surface area contributed by atoms with Gasteiger partial charge in [0.2, 0.25) is 0 Å². The fraction of sp³-hybridized carbons (Fsp3) is 0.571. The highest BCUT2D eigenvalue weighted by molar-refractivity contribution is 5.68. The number of rotatable bonds is 3. The summed E-state index contributed by atoms with van der Waals surface area (Å²) in [4.78, 5) is 18.1. The lowest BCUT2D eigenvalue weighted by molar-refractivity contribution is -0.0734. The summed E-state index contributed by atoms with van der Waals surface area (Å²) < 4.78 is 10.6. The summed E-state index contributed by atoms with van der Waals surface area (Å²) in [6.45, 7) is 7.01. The van der Waals surface area contributed by atoms with E-state index in [0.717, 1.165) is 5.69 Å². The van der Waals surface area contributed by atoms with E-state index < -0.39 is 5.60 Å². The highest BCUT2D eigenvalue weighted by atomic mass is 16.6. The second-order valence-electron chi connectivity index (χ2n) is 5.88. The van der Waals surface area contributed by atoms with E-state index in [4.69, 9.17) is 15.2 Å². The van der Waals surface area contributed by atoms with Gasteiger partial charge in [0.1, 0.15) is 5.60 Å². The van der Waals surface area contributed by atoms with Gasteiger partial charge in [-0.15, -0.1) is 0 Å². The van der Waals surface area contributed by atoms with Gasteiger partial charge in [-0.3, -0.25) is 9.88 Å². The number of ether oxygens (including phenoxy) is 2. The Morgan fingerprint density at radius 2 is 2.20 bits per heavy atom. The van der Waals surface area contributed by atoms with Crippen LogP contribution in [0.1, 0.15) is 26.5 Å². The first-order chi connectivity index (χ1) is 9.35. The smallest absolute Gasteiger partial charge is 0.411 e. The standard InChI is InChI=1S/C14H21N3O3/c1-14(2,3)20-13(18)17(12-8-19-9-12)7-11-5-4-10(15)6-16-11/h4-6,12H,7-9,15H2,1-3H3. The van der Waals surface area contributed by atoms with E-state index in [2.05, 4.69) is 4.98 Å². The number of carbonyl (C=O) groups excluding carboxylic acids is 1. The van der Waals surface area contributed by atoms with Gasteiger partial charge in [0.15, 0.2) is 0 Å². The molecule has 0 bridgehead atoms. The molecule has 0 spiro atoms. The van der Waals surface area contributed by atoms with E-state index >= 15 is 0 Å². The lowest BCUT2D eigenvalue weighted by Crippen LogP contribution is -2.52. The van der Waals surface area contributed by atoms with Crippen LogP contribution in [0.25, 0.3) is 0 Å². The third-order valence-corrected chi connectivity index (χ3v) is 2.87. The van der Waals surface area contributed by atoms with Gasteiger partial charge in [-0.1, -0.05) is 0 Å². The maximum Gasteiger partial charge on any atom is 0.411 e. The summed E-state index contributed by atoms with van der Waals surface area (Å²) >= 11 is 0. The molecule has 2 N–H and O–H groups in total. The Hall–Kier alpha value is -1.82. The maximum atomic E-state index is 12.3. The lowest BCUT2D eigenvalue weighted by atomic mass is 10.2. The van der Waals surface area contributed by atoms with Gasteiger partial charge in [0.05, 0.1) is 43.4 Å². The fourth-order valence-electron chi connectivity index (χ4n) is 1.77. The molecule has 0 radical (unpaired) electrons. The summed E-state index contributed by atoms with van der Waals surface area (Å²) in [5.74, 6) is 0. The summed E-state index contributed by atoms with van der Waals surface area (Å²) in [5, 5.41) is 0. The average Bonchev–Trinajstić information content (AvgIpc) is 2.26. The van der Waals surface area contributed by atoms with Gasteiger partial charge in [-0.25, -0.2) is 4.79 Å². The van der Waals surface area contributed by atoms with Crippen molar-refractivity contribution in [1.29, 1.82) is 0 Å². The van der Waals surface area contributed by atoms with Crippen LogP contribution in [-0.4, -0.2) is 40.8 Å². The molecule has 1 amide bonds. The normalized spacial score (nSPS) is 15.6. The Labute approximate surface area is 118 Å². The summed E-state index contributed by atoms with van der Waals surface area (Å²) in [5.41, 5.74) is 6.47. The van der Waals surface area contributed by atoms with Crippen LogP contribution < -0.4 is 5.73 Å². The first kappa shape index (κ1) is 14.6. The number of hydrogen-bond acceptors (Lipinski definition) is 5. The fourth-order valence-corrected chi connectivity index (χ4v) is 1.77. The van der Waals surface area contributed by atoms with Gasteiger partial charge >= 0.3 is 6.09 Å². The van der Waals surface area contributed by atoms with Crippen LogP contribution in [0, 0.1) is 0 Å². The molecule has 2 heterocycles. The highest BCUT2D eigenvalue weighted by Gasteiger charge is 2.33. The largest absolute Gasteiger partial charge is 0.444 e. The molecule has 1 aliphatic rings. The Bertz CT molecular complexity index is 464. The number of nitrogen functional groups attached to an aromatic ring is 1. The molecule has 1 saturated heterocycles. The minimum Gasteiger partial charge on any atom is -0.444 e. The molecular formula is C14H21N3O3. The van der Waals surface area contributed by atoms with E-state index in [0.29, 0.717) is 25.4 Å². The molecule has 0 unspecified atom stereocenters. The third-order valence-electron chi connectivity index (χ3n) is 2.87. The van der Waals surface area contributed by atoms with Crippen LogP contribution in [0.15, 0.2) is 18.3 Å². The van der Waals surface area contributed by atoms with E-state index in [1.54, 1.807) is 17.2 Å². The van der Waals surface area contributed by atoms with Crippen molar-refractivity contribution in [3.8, 4) is 0 Å². The van der Waals surface area contributed by atoms with Gasteiger partial charge in [-0.2, -0.15) is 0 Å². The number of aromatic nitrogens is 1. The third kappa shape index (κ3) is 3.84. The maximum absolute atomic E-state index is 12.3. The molecule has 0 aromatic carbocycles. The molecule has 6 heteroatoms. The number of hydrogen-bond donors (Lipinski definition) is 1. The van der Waals surface area contributed by atoms with Gasteiger partial charge in [0.25, 0.3) is 0 Å². The Morgan fingerprint density at radius 1 is 1.50 bits per heavy atom. The second kappa shape index (κ2) is 5.66. The molecule has 0 aliphatic carbocycles. The van der Waals surface area contributed by atoms with Crippen LogP contribution in [0.2, 0.25) is 0 Å². The quantitative estimate of drug-likeness (QED) is 0.912. The monoisotopic (exact) mass is 279 g/mol. The van der Waals surface area contributed by atoms with E-state index in [1.807, 2.05) is 26.8 Å². The van der Waals surface area contributed by atoms with Crippen molar-refractivity contribution >= 4 is 11.8 Å². The molecule has 1 aliphatic heterocycles. The SMILES string of the molecule is CC(C)(C)OC(=O)N(Cc1ccc(N)cn1)C1COC1. The molecule has 1 aromatic heterocycles. The Balaban J connectivity index is 2.07. The van der Waals surface area contributed by atoms with Gasteiger partial charge in [0, 0.05) is 0 Å². The zero-order valence-corrected chi connectivity index (χ0v) is 12.1. The van der Waals surface area contributed by atoms with Crippen molar-refractivity contribution in [1.82, 2.24) is 9.88 Å². The van der Waals surface area contributed by atoms with Crippen LogP contribution in [0.4, 0.5) is 10.5 Å². The number of nitrogens with zero attached hydrogens (tertiary/aromatic N) is 2. The van der Waals surface area contributed by atoms with Crippen LogP contribution in [0.3, 0.4) is 0 Å². The first-order valence-corrected chi connectivity index (χ1v) is 6.63. The minimum absolute atomic E-state index is 0.0456. The number of nitrogens with two attached hydrogens (primary N) is 1. The van der Waals surface area contributed by atoms with E-state index in [-0.39, 0.29) is 12.1 Å². The van der Waals surface area contributed by atoms with E-state index in [1.165, 1.54) is 0 Å². The highest BCUT2D eigenvalue weighted by Crippen LogP contribution is 2.18. The Morgan fingerprint density at radius 3 is 2.65 bits per heavy atom. The molecule has 6 nitrogen and oxygen atoms in total. The van der Waals surface area contributed by atoms with Gasteiger partial charge in [-0.05, 0) is 32.9 Å². The number of carbonyl (C=O) groups is 1. The zero-order valence-electron chi connectivity index (χ0n) is 12.1. The summed E-state index contributed by atoms with van der Waals surface area (Å²) in [6, 6.07) is 3.63. The van der Waals surface area contributed by atoms with Crippen molar-refractivity contribution in [3.05, 3.63) is 24.0 Å². The minimum atomic E-state index is -0.519. The van der Waals surface area contributed by atoms with Crippen molar-refractivity contribution in [3.63, 3.8) is 0 Å². The van der Waals surface area contributed by atoms with Crippen molar-refractivity contribution in [2.45, 2.75) is 39.0 Å². The van der Waals surface area contributed by atoms with Crippen LogP contribution in [0.5, 0.6) is 0 Å². The number of pyridine rings is 1. The molecule has 110 valence electrons. The second-order valence-corrected chi connectivity index (χ2v) is 5.88. The average molecular weight is 279 g/mol. The molecule has 20 heavy (non-hydrogen) atoms. The zero-order chi connectivity index (χ0) is 14.8. The summed E-state index contributed by atoms with van der Waals surface area (Å²) in [6.07, 6.45) is 1.24. The topological polar surface area (TPSA) is 77.7 Å². The predicted octanol–water partition coefficient (Wildman–Crippen LogP) is 1.80. The van der Waals surface area contributed by atoms with Crippen LogP contribution in [-0.2, 0) is 16.0 Å². The van der Waals surface area contributed by atoms with Crippen molar-refractivity contribution in [2.75, 3.05) is 18.9 Å². The first-order valence-electron chi connectivity index (χ1n) is 6.63. The molecule has 1 fully saturated rings. The molecule has 2 rings (SSSR count). The molecule has 0 atom stereocenters. The summed E-state index contributed by atoms with van der Waals surface area (Å²) in [7, 11) is 0. The Kier molecular flexibility index (Phi) is 4.13. The predicted molar refractivity (Wildman–Crippen MR) is 75.0 cm³/mol. The van der Waals surface area contributed by atoms with Crippen LogP contribution >= 0.6 is 0 Å². The van der Waals surface area contributed by atoms with E-state index in [9.17, 15) is 4.79 Å². The lowest BCUT2D eigenvalue weighted by Gasteiger charge is -2.37. The number of anilines is 1. The molecular weight excluding hydrogens is 258 g/mol. The molecule has 1 aromatic rings. The van der Waals surface area contributed by atoms with Gasteiger partial charge < -0.3 is 15.2 Å². The van der Waals surface area contributed by atoms with Crippen molar-refractivity contribution < 1.29 is 14.3 Å².